The van der Waals surface area contributed by atoms with E-state index in [1.807, 2.05) is 13.8 Å². The standard InChI is InChI=1S/C31H39ClN6O4S/c1-20(2)42-29-18-24(22-9-13-38(14-10-22)23-11-15-41-16-12-23)21(3)17-28(29)35-31-33-19-25(32)30(36-31)34-26-7-5-6-8-27(26)37-43(4,39)40/h5-9,17-20,23,37H,10-16H2,1-4H3,(H2,33,34,35,36). The molecular weight excluding hydrogens is 588 g/mol. The summed E-state index contributed by atoms with van der Waals surface area (Å²) in [6.07, 6.45) is 8.09. The quantitative estimate of drug-likeness (QED) is 0.236. The lowest BCUT2D eigenvalue weighted by Gasteiger charge is -2.36. The fraction of sp³-hybridized carbons (Fsp3) is 0.419. The molecule has 10 nitrogen and oxygen atoms in total. The number of anilines is 5. The molecular formula is C31H39ClN6O4S. The fourth-order valence-corrected chi connectivity index (χ4v) is 6.15. The first-order chi connectivity index (χ1) is 20.6. The number of sulfonamides is 1. The Labute approximate surface area is 258 Å². The van der Waals surface area contributed by atoms with E-state index in [-0.39, 0.29) is 11.1 Å². The minimum Gasteiger partial charge on any atom is -0.489 e. The number of nitrogens with one attached hydrogen (secondary N) is 3. The van der Waals surface area contributed by atoms with Gasteiger partial charge in [-0.1, -0.05) is 29.8 Å². The third-order valence-electron chi connectivity index (χ3n) is 7.45. The molecule has 2 aromatic carbocycles. The average molecular weight is 627 g/mol. The lowest BCUT2D eigenvalue weighted by Crippen LogP contribution is -2.41. The van der Waals surface area contributed by atoms with Gasteiger partial charge in [0.05, 0.1) is 35.6 Å². The lowest BCUT2D eigenvalue weighted by atomic mass is 9.93. The van der Waals surface area contributed by atoms with Crippen LogP contribution >= 0.6 is 11.6 Å². The first-order valence-corrected chi connectivity index (χ1v) is 16.8. The Bertz CT molecular complexity index is 1590. The summed E-state index contributed by atoms with van der Waals surface area (Å²) in [5, 5.41) is 6.72. The monoisotopic (exact) mass is 626 g/mol. The third-order valence-corrected chi connectivity index (χ3v) is 8.32. The average Bonchev–Trinajstić information content (AvgIpc) is 2.97. The molecule has 1 saturated heterocycles. The molecule has 0 atom stereocenters. The number of halogens is 1. The van der Waals surface area contributed by atoms with Gasteiger partial charge < -0.3 is 20.1 Å². The summed E-state index contributed by atoms with van der Waals surface area (Å²) in [6.45, 7) is 9.78. The highest BCUT2D eigenvalue weighted by atomic mass is 35.5. The second-order valence-corrected chi connectivity index (χ2v) is 13.4. The van der Waals surface area contributed by atoms with E-state index in [0.717, 1.165) is 63.1 Å². The van der Waals surface area contributed by atoms with Crippen LogP contribution in [0, 0.1) is 6.92 Å². The fourth-order valence-electron chi connectivity index (χ4n) is 5.44. The van der Waals surface area contributed by atoms with Gasteiger partial charge in [0.2, 0.25) is 16.0 Å². The second-order valence-electron chi connectivity index (χ2n) is 11.2. The highest BCUT2D eigenvalue weighted by molar-refractivity contribution is 7.92. The van der Waals surface area contributed by atoms with Gasteiger partial charge >= 0.3 is 0 Å². The summed E-state index contributed by atoms with van der Waals surface area (Å²) >= 11 is 6.43. The number of aryl methyl sites for hydroxylation is 1. The molecule has 43 heavy (non-hydrogen) atoms. The van der Waals surface area contributed by atoms with Crippen LogP contribution in [-0.4, -0.2) is 68.0 Å². The van der Waals surface area contributed by atoms with Crippen molar-refractivity contribution in [2.45, 2.75) is 52.2 Å². The van der Waals surface area contributed by atoms with Crippen molar-refractivity contribution in [2.75, 3.05) is 47.9 Å². The van der Waals surface area contributed by atoms with Crippen molar-refractivity contribution in [3.63, 3.8) is 0 Å². The molecule has 3 N–H and O–H groups in total. The van der Waals surface area contributed by atoms with Crippen LogP contribution in [0.2, 0.25) is 5.02 Å². The number of para-hydroxylation sites is 2. The molecule has 0 amide bonds. The van der Waals surface area contributed by atoms with Crippen LogP contribution in [0.5, 0.6) is 5.75 Å². The van der Waals surface area contributed by atoms with Gasteiger partial charge in [0.25, 0.3) is 0 Å². The van der Waals surface area contributed by atoms with Gasteiger partial charge in [-0.05, 0) is 81.0 Å². The molecule has 1 aromatic heterocycles. The van der Waals surface area contributed by atoms with E-state index in [9.17, 15) is 8.42 Å². The summed E-state index contributed by atoms with van der Waals surface area (Å²) in [5.74, 6) is 1.34. The zero-order valence-corrected chi connectivity index (χ0v) is 26.6. The minimum absolute atomic E-state index is 0.0392. The molecule has 1 fully saturated rings. The SMILES string of the molecule is Cc1cc(Nc2ncc(Cl)c(Nc3ccccc3NS(C)(=O)=O)n2)c(OC(C)C)cc1C1=CCN(C2CCOCC2)CC1. The largest absolute Gasteiger partial charge is 0.489 e. The number of nitrogens with zero attached hydrogens (tertiary/aromatic N) is 3. The zero-order valence-electron chi connectivity index (χ0n) is 25.0. The van der Waals surface area contributed by atoms with Crippen LogP contribution in [0.3, 0.4) is 0 Å². The van der Waals surface area contributed by atoms with Crippen molar-refractivity contribution in [3.05, 3.63) is 64.8 Å². The molecule has 12 heteroatoms. The maximum atomic E-state index is 11.8. The number of ether oxygens (including phenoxy) is 2. The van der Waals surface area contributed by atoms with Gasteiger partial charge in [-0.15, -0.1) is 0 Å². The maximum Gasteiger partial charge on any atom is 0.229 e. The summed E-state index contributed by atoms with van der Waals surface area (Å²) in [5.41, 5.74) is 5.25. The van der Waals surface area contributed by atoms with Gasteiger partial charge in [0.1, 0.15) is 10.8 Å². The number of hydrogen-bond acceptors (Lipinski definition) is 9. The number of rotatable bonds is 10. The first-order valence-electron chi connectivity index (χ1n) is 14.5. The van der Waals surface area contributed by atoms with Crippen molar-refractivity contribution in [2.24, 2.45) is 0 Å². The summed E-state index contributed by atoms with van der Waals surface area (Å²) < 4.78 is 38.0. The summed E-state index contributed by atoms with van der Waals surface area (Å²) in [6, 6.07) is 11.7. The van der Waals surface area contributed by atoms with Crippen LogP contribution in [0.4, 0.5) is 28.8 Å². The van der Waals surface area contributed by atoms with E-state index >= 15 is 0 Å². The van der Waals surface area contributed by atoms with E-state index in [1.165, 1.54) is 17.3 Å². The van der Waals surface area contributed by atoms with Crippen molar-refractivity contribution >= 4 is 56.0 Å². The lowest BCUT2D eigenvalue weighted by molar-refractivity contribution is 0.0378. The molecule has 0 bridgehead atoms. The Kier molecular flexibility index (Phi) is 9.75. The van der Waals surface area contributed by atoms with E-state index in [2.05, 4.69) is 55.4 Å². The van der Waals surface area contributed by atoms with Gasteiger partial charge in [0, 0.05) is 32.3 Å². The number of aromatic nitrogens is 2. The highest BCUT2D eigenvalue weighted by Crippen LogP contribution is 2.37. The topological polar surface area (TPSA) is 118 Å². The smallest absolute Gasteiger partial charge is 0.229 e. The second kappa shape index (κ2) is 13.5. The molecule has 2 aliphatic rings. The predicted octanol–water partition coefficient (Wildman–Crippen LogP) is 6.35. The Hall–Kier alpha value is -3.38. The van der Waals surface area contributed by atoms with Gasteiger partial charge in [-0.2, -0.15) is 4.98 Å². The van der Waals surface area contributed by atoms with Crippen LogP contribution in [0.1, 0.15) is 44.2 Å². The van der Waals surface area contributed by atoms with Crippen LogP contribution in [0.25, 0.3) is 5.57 Å². The zero-order chi connectivity index (χ0) is 30.6. The van der Waals surface area contributed by atoms with Crippen molar-refractivity contribution in [1.29, 1.82) is 0 Å². The summed E-state index contributed by atoms with van der Waals surface area (Å²) in [4.78, 5) is 11.5. The van der Waals surface area contributed by atoms with Crippen LogP contribution in [0.15, 0.2) is 48.7 Å². The molecule has 230 valence electrons. The summed E-state index contributed by atoms with van der Waals surface area (Å²) in [7, 11) is -3.48. The molecule has 0 aliphatic carbocycles. The molecule has 0 radical (unpaired) electrons. The van der Waals surface area contributed by atoms with Crippen LogP contribution in [-0.2, 0) is 14.8 Å². The van der Waals surface area contributed by atoms with Crippen molar-refractivity contribution in [1.82, 2.24) is 14.9 Å². The van der Waals surface area contributed by atoms with Crippen molar-refractivity contribution < 1.29 is 17.9 Å². The van der Waals surface area contributed by atoms with E-state index < -0.39 is 10.0 Å². The Balaban J connectivity index is 1.38. The van der Waals surface area contributed by atoms with E-state index in [0.29, 0.717) is 34.9 Å². The first kappa shape index (κ1) is 31.1. The number of hydrogen-bond donors (Lipinski definition) is 3. The predicted molar refractivity (Wildman–Crippen MR) is 173 cm³/mol. The third kappa shape index (κ3) is 8.17. The maximum absolute atomic E-state index is 11.8. The van der Waals surface area contributed by atoms with Gasteiger partial charge in [0.15, 0.2) is 5.82 Å². The van der Waals surface area contributed by atoms with Gasteiger partial charge in [-0.3, -0.25) is 9.62 Å². The van der Waals surface area contributed by atoms with Crippen LogP contribution < -0.4 is 20.1 Å². The van der Waals surface area contributed by atoms with Crippen molar-refractivity contribution in [3.8, 4) is 5.75 Å². The number of benzene rings is 2. The molecule has 5 rings (SSSR count). The minimum atomic E-state index is -3.48. The van der Waals surface area contributed by atoms with E-state index in [1.54, 1.807) is 24.3 Å². The molecule has 2 aliphatic heterocycles. The molecule has 3 heterocycles. The Morgan fingerprint density at radius 2 is 1.84 bits per heavy atom. The highest BCUT2D eigenvalue weighted by Gasteiger charge is 2.24. The normalized spacial score (nSPS) is 16.6. The molecule has 0 saturated carbocycles. The Morgan fingerprint density at radius 1 is 1.09 bits per heavy atom. The molecule has 0 spiro atoms. The molecule has 0 unspecified atom stereocenters. The Morgan fingerprint density at radius 3 is 2.51 bits per heavy atom. The van der Waals surface area contributed by atoms with E-state index in [4.69, 9.17) is 21.1 Å². The molecule has 3 aromatic rings. The van der Waals surface area contributed by atoms with Gasteiger partial charge in [-0.25, -0.2) is 13.4 Å².